The number of carboxylic acid groups (broad SMARTS) is 1. The molecule has 10 atom stereocenters. The zero-order valence-corrected chi connectivity index (χ0v) is 38.4. The second-order valence-electron chi connectivity index (χ2n) is 17.7. The number of amides is 2. The summed E-state index contributed by atoms with van der Waals surface area (Å²) in [6.45, 7) is 1.32. The fourth-order valence-electron chi connectivity index (χ4n) is 11.1. The van der Waals surface area contributed by atoms with Crippen LogP contribution in [0.2, 0.25) is 0 Å². The van der Waals surface area contributed by atoms with E-state index >= 15 is 0 Å². The largest absolute Gasteiger partial charge is 1.00 e. The molecule has 3 aromatic rings. The summed E-state index contributed by atoms with van der Waals surface area (Å²) in [5.74, 6) is 3.16. The number of carboxylic acids is 1. The van der Waals surface area contributed by atoms with Gasteiger partial charge in [-0.15, -0.1) is 11.3 Å². The average Bonchev–Trinajstić information content (AvgIpc) is 4.05. The van der Waals surface area contributed by atoms with Crippen molar-refractivity contribution in [2.24, 2.45) is 35.5 Å². The molecule has 5 aliphatic rings. The molecule has 1 aromatic heterocycles. The van der Waals surface area contributed by atoms with Crippen LogP contribution in [-0.2, 0) is 20.6 Å². The molecule has 4 bridgehead atoms. The van der Waals surface area contributed by atoms with Crippen molar-refractivity contribution in [3.8, 4) is 5.75 Å². The van der Waals surface area contributed by atoms with Crippen molar-refractivity contribution < 1.29 is 63.6 Å². The molecule has 1 heterocycles. The SMILES string of the molecule is CP(=O)([O-])CCC/C=C\CC1C(NC(=O)C2CCc3ccccc32)C2CC[C@@H]1C2.O=C(O)CCC/C=C\CC1C(NC(=O)c2csc3ccc(O)cc23)C2CC[C@@H]1C2.[Na+]. The van der Waals surface area contributed by atoms with Gasteiger partial charge in [0.05, 0.1) is 11.5 Å². The van der Waals surface area contributed by atoms with Gasteiger partial charge in [0.25, 0.3) is 5.91 Å². The molecule has 12 heteroatoms. The molecular formula is C47H60N2NaO7PS. The van der Waals surface area contributed by atoms with E-state index < -0.39 is 13.3 Å². The van der Waals surface area contributed by atoms with E-state index in [1.54, 1.807) is 12.1 Å². The first-order valence-corrected chi connectivity index (χ1v) is 24.8. The number of phenolic OH excluding ortho intramolecular Hbond substituents is 1. The fourth-order valence-corrected chi connectivity index (χ4v) is 12.8. The van der Waals surface area contributed by atoms with E-state index in [0.717, 1.165) is 54.5 Å². The molecule has 312 valence electrons. The number of allylic oxidation sites excluding steroid dienone is 4. The van der Waals surface area contributed by atoms with E-state index in [1.807, 2.05) is 17.5 Å². The molecule has 2 amide bonds. The summed E-state index contributed by atoms with van der Waals surface area (Å²) in [6.07, 6.45) is 23.3. The molecule has 5 aliphatic carbocycles. The molecule has 0 saturated heterocycles. The first-order chi connectivity index (χ1) is 27.9. The Balaban J connectivity index is 0.000000195. The number of aliphatic carboxylic acids is 1. The van der Waals surface area contributed by atoms with Crippen molar-refractivity contribution in [1.82, 2.24) is 10.6 Å². The van der Waals surface area contributed by atoms with Crippen LogP contribution in [0.4, 0.5) is 0 Å². The van der Waals surface area contributed by atoms with Gasteiger partial charge in [-0.3, -0.25) is 14.4 Å². The topological polar surface area (TPSA) is 156 Å². The number of carbonyl (C=O) groups excluding carboxylic acids is 2. The van der Waals surface area contributed by atoms with Crippen LogP contribution in [0, 0.1) is 35.5 Å². The Morgan fingerprint density at radius 3 is 2.14 bits per heavy atom. The van der Waals surface area contributed by atoms with Gasteiger partial charge in [-0.05, 0) is 168 Å². The number of hydrogen-bond donors (Lipinski definition) is 4. The van der Waals surface area contributed by atoms with E-state index in [0.29, 0.717) is 54.0 Å². The van der Waals surface area contributed by atoms with Crippen LogP contribution in [0.1, 0.15) is 117 Å². The van der Waals surface area contributed by atoms with Crippen LogP contribution >= 0.6 is 18.7 Å². The van der Waals surface area contributed by atoms with Gasteiger partial charge >= 0.3 is 35.5 Å². The number of fused-ring (bicyclic) bond motifs is 6. The third-order valence-corrected chi connectivity index (χ3v) is 16.0. The molecule has 2 aromatic carbocycles. The molecular weight excluding hydrogens is 791 g/mol. The minimum absolute atomic E-state index is 0. The molecule has 59 heavy (non-hydrogen) atoms. The van der Waals surface area contributed by atoms with Gasteiger partial charge in [0.1, 0.15) is 5.75 Å². The Morgan fingerprint density at radius 2 is 1.47 bits per heavy atom. The molecule has 0 spiro atoms. The number of benzene rings is 2. The Hall–Kier alpha value is -2.72. The Kier molecular flexibility index (Phi) is 16.2. The molecule has 4 fully saturated rings. The van der Waals surface area contributed by atoms with Gasteiger partial charge in [-0.1, -0.05) is 48.6 Å². The maximum absolute atomic E-state index is 13.1. The summed E-state index contributed by atoms with van der Waals surface area (Å²) < 4.78 is 12.3. The van der Waals surface area contributed by atoms with E-state index in [-0.39, 0.29) is 71.7 Å². The second kappa shape index (κ2) is 20.9. The van der Waals surface area contributed by atoms with Crippen LogP contribution < -0.4 is 45.1 Å². The van der Waals surface area contributed by atoms with Gasteiger partial charge in [0, 0.05) is 41.3 Å². The second-order valence-corrected chi connectivity index (χ2v) is 21.1. The number of hydrogen-bond acceptors (Lipinski definition) is 7. The molecule has 0 radical (unpaired) electrons. The van der Waals surface area contributed by atoms with E-state index in [1.165, 1.54) is 67.7 Å². The minimum Gasteiger partial charge on any atom is -0.799 e. The maximum Gasteiger partial charge on any atom is 1.00 e. The van der Waals surface area contributed by atoms with Gasteiger partial charge in [0.2, 0.25) is 5.91 Å². The number of nitrogens with one attached hydrogen (secondary N) is 2. The average molecular weight is 851 g/mol. The van der Waals surface area contributed by atoms with Gasteiger partial charge in [-0.2, -0.15) is 0 Å². The smallest absolute Gasteiger partial charge is 0.799 e. The number of rotatable bonds is 16. The van der Waals surface area contributed by atoms with Crippen LogP contribution in [-0.4, -0.2) is 52.9 Å². The van der Waals surface area contributed by atoms with Crippen molar-refractivity contribution in [3.63, 3.8) is 0 Å². The van der Waals surface area contributed by atoms with Crippen LogP contribution in [0.15, 0.2) is 72.1 Å². The third-order valence-electron chi connectivity index (χ3n) is 13.9. The first-order valence-electron chi connectivity index (χ1n) is 21.6. The molecule has 8 rings (SSSR count). The normalized spacial score (nSPS) is 28.6. The fraction of sp³-hybridized carbons (Fsp3) is 0.553. The summed E-state index contributed by atoms with van der Waals surface area (Å²) in [5, 5.41) is 28.0. The van der Waals surface area contributed by atoms with Crippen LogP contribution in [0.25, 0.3) is 10.1 Å². The predicted molar refractivity (Wildman–Crippen MR) is 229 cm³/mol. The number of carbonyl (C=O) groups is 3. The van der Waals surface area contributed by atoms with Crippen molar-refractivity contribution in [2.45, 2.75) is 114 Å². The zero-order chi connectivity index (χ0) is 40.8. The summed E-state index contributed by atoms with van der Waals surface area (Å²) in [4.78, 5) is 48.0. The number of aromatic hydroxyl groups is 1. The number of thiophene rings is 1. The van der Waals surface area contributed by atoms with Crippen LogP contribution in [0.5, 0.6) is 5.75 Å². The van der Waals surface area contributed by atoms with E-state index in [9.17, 15) is 28.9 Å². The van der Waals surface area contributed by atoms with E-state index in [4.69, 9.17) is 5.11 Å². The zero-order valence-electron chi connectivity index (χ0n) is 34.7. The summed E-state index contributed by atoms with van der Waals surface area (Å²) >= 11 is 1.52. The maximum atomic E-state index is 13.1. The quantitative estimate of drug-likeness (QED) is 0.0580. The third kappa shape index (κ3) is 11.6. The van der Waals surface area contributed by atoms with Crippen molar-refractivity contribution in [3.05, 3.63) is 88.8 Å². The minimum atomic E-state index is -3.14. The summed E-state index contributed by atoms with van der Waals surface area (Å²) in [6, 6.07) is 14.0. The monoisotopic (exact) mass is 850 g/mol. The Morgan fingerprint density at radius 1 is 0.847 bits per heavy atom. The standard InChI is InChI=1S/C24H34NO3P.C23H27NO4S.Na/c1-29(27,28)15-7-3-2-4-10-21-18-11-12-19(16-18)23(21)25-24(26)22-14-13-17-8-5-6-9-20(17)22;25-16-9-10-20-18(12-16)19(13-29-20)23(28)24-22-15-8-7-14(11-15)17(22)5-3-1-2-4-6-21(26)27;/h2,4-6,8-9,18-19,21-23H,3,7,10-16H2,1H3,(H,25,26)(H,27,28);1,3,9-10,12-15,17,22,25H,2,4-8,11H2,(H,24,28)(H,26,27);/q;;+1/p-1/b4-2-;3-1-;/t18-,19?,21?,22?,23?;14-,15?,17?,22?;/m11./s1. The summed E-state index contributed by atoms with van der Waals surface area (Å²) in [7, 11) is -3.14. The number of aryl methyl sites for hydroxylation is 1. The predicted octanol–water partition coefficient (Wildman–Crippen LogP) is 6.20. The van der Waals surface area contributed by atoms with Gasteiger partial charge < -0.3 is 30.3 Å². The Labute approximate surface area is 375 Å². The van der Waals surface area contributed by atoms with Crippen molar-refractivity contribution in [1.29, 1.82) is 0 Å². The molecule has 4 saturated carbocycles. The number of phenols is 1. The van der Waals surface area contributed by atoms with Gasteiger partial charge in [-0.25, -0.2) is 0 Å². The summed E-state index contributed by atoms with van der Waals surface area (Å²) in [5.41, 5.74) is 3.19. The first kappa shape index (κ1) is 45.8. The molecule has 4 N–H and O–H groups in total. The molecule has 8 unspecified atom stereocenters. The van der Waals surface area contributed by atoms with Crippen LogP contribution in [0.3, 0.4) is 0 Å². The van der Waals surface area contributed by atoms with Gasteiger partial charge in [0.15, 0.2) is 0 Å². The van der Waals surface area contributed by atoms with Crippen molar-refractivity contribution >= 4 is 46.6 Å². The van der Waals surface area contributed by atoms with E-state index in [2.05, 4.69) is 53.1 Å². The Bertz CT molecular complexity index is 2040. The molecule has 0 aliphatic heterocycles. The molecule has 9 nitrogen and oxygen atoms in total. The van der Waals surface area contributed by atoms with Crippen molar-refractivity contribution in [2.75, 3.05) is 12.8 Å². The number of unbranched alkanes of at least 4 members (excludes halogenated alkanes) is 2.